The fraction of sp³-hybridized carbons (Fsp3) is 0.261. The Hall–Kier alpha value is -3.26. The van der Waals surface area contributed by atoms with E-state index in [1.807, 2.05) is 55.5 Å². The van der Waals surface area contributed by atoms with Crippen LogP contribution in [0.15, 0.2) is 65.3 Å². The molecule has 2 aromatic rings. The van der Waals surface area contributed by atoms with Gasteiger partial charge in [0.1, 0.15) is 5.75 Å². The van der Waals surface area contributed by atoms with E-state index in [1.165, 1.54) is 18.9 Å². The number of nitrogens with one attached hydrogen (secondary N) is 2. The normalized spacial score (nSPS) is 13.5. The zero-order chi connectivity index (χ0) is 22.2. The smallest absolute Gasteiger partial charge is 0.311 e. The highest BCUT2D eigenvalue weighted by molar-refractivity contribution is 8.15. The molecule has 1 amide bonds. The predicted molar refractivity (Wildman–Crippen MR) is 124 cm³/mol. The Labute approximate surface area is 185 Å². The topological polar surface area (TPSA) is 89.0 Å². The molecule has 0 spiro atoms. The number of ether oxygens (including phenoxy) is 2. The first-order valence-electron chi connectivity index (χ1n) is 9.78. The van der Waals surface area contributed by atoms with Crippen LogP contribution in [0.1, 0.15) is 18.9 Å². The van der Waals surface area contributed by atoms with E-state index >= 15 is 0 Å². The molecule has 0 saturated carbocycles. The van der Waals surface area contributed by atoms with Crippen LogP contribution in [0.5, 0.6) is 5.75 Å². The number of para-hydroxylation sites is 2. The van der Waals surface area contributed by atoms with Crippen LogP contribution in [0.4, 0.5) is 11.4 Å². The van der Waals surface area contributed by atoms with E-state index in [4.69, 9.17) is 9.47 Å². The van der Waals surface area contributed by atoms with Crippen LogP contribution in [-0.4, -0.2) is 36.4 Å². The maximum Gasteiger partial charge on any atom is 0.311 e. The first kappa shape index (κ1) is 22.4. The van der Waals surface area contributed by atoms with E-state index in [2.05, 4.69) is 15.6 Å². The fourth-order valence-corrected chi connectivity index (χ4v) is 3.83. The number of rotatable bonds is 7. The van der Waals surface area contributed by atoms with Gasteiger partial charge in [-0.1, -0.05) is 36.0 Å². The van der Waals surface area contributed by atoms with Gasteiger partial charge in [0.25, 0.3) is 0 Å². The van der Waals surface area contributed by atoms with Crippen LogP contribution in [0.2, 0.25) is 0 Å². The lowest BCUT2D eigenvalue weighted by molar-refractivity contribution is -0.139. The molecule has 8 heteroatoms. The Morgan fingerprint density at radius 3 is 2.74 bits per heavy atom. The summed E-state index contributed by atoms with van der Waals surface area (Å²) in [5, 5.41) is 6.44. The van der Waals surface area contributed by atoms with Crippen molar-refractivity contribution in [2.75, 3.05) is 19.5 Å². The molecule has 0 bridgehead atoms. The number of esters is 1. The number of nitrogens with zero attached hydrogens (tertiary/aromatic N) is 1. The van der Waals surface area contributed by atoms with Gasteiger partial charge in [0.15, 0.2) is 0 Å². The number of anilines is 1. The number of hydrogen-bond acceptors (Lipinski definition) is 7. The van der Waals surface area contributed by atoms with E-state index in [0.29, 0.717) is 17.3 Å². The molecule has 0 unspecified atom stereocenters. The number of thioether (sulfide) groups is 1. The molecule has 31 heavy (non-hydrogen) atoms. The Kier molecular flexibility index (Phi) is 7.72. The van der Waals surface area contributed by atoms with Gasteiger partial charge in [-0.25, -0.2) is 4.99 Å². The van der Waals surface area contributed by atoms with Gasteiger partial charge in [-0.05, 0) is 42.8 Å². The highest BCUT2D eigenvalue weighted by Crippen LogP contribution is 2.32. The summed E-state index contributed by atoms with van der Waals surface area (Å²) in [4.78, 5) is 29.1. The molecule has 1 aliphatic heterocycles. The van der Waals surface area contributed by atoms with Crippen molar-refractivity contribution in [2.45, 2.75) is 25.1 Å². The molecule has 3 rings (SSSR count). The van der Waals surface area contributed by atoms with Crippen LogP contribution in [0.25, 0.3) is 0 Å². The summed E-state index contributed by atoms with van der Waals surface area (Å²) >= 11 is 1.33. The molecule has 1 heterocycles. The molecule has 7 nitrogen and oxygen atoms in total. The first-order valence-corrected chi connectivity index (χ1v) is 10.7. The third-order valence-corrected chi connectivity index (χ3v) is 5.58. The lowest BCUT2D eigenvalue weighted by Crippen LogP contribution is -2.31. The predicted octanol–water partition coefficient (Wildman–Crippen LogP) is 4.04. The molecule has 0 aromatic heterocycles. The Morgan fingerprint density at radius 2 is 1.97 bits per heavy atom. The molecule has 162 valence electrons. The number of benzene rings is 2. The summed E-state index contributed by atoms with van der Waals surface area (Å²) in [6, 6.07) is 15.1. The quantitative estimate of drug-likeness (QED) is 0.633. The van der Waals surface area contributed by atoms with Crippen molar-refractivity contribution in [1.82, 2.24) is 5.32 Å². The second-order valence-corrected chi connectivity index (χ2v) is 8.21. The van der Waals surface area contributed by atoms with Crippen molar-refractivity contribution in [1.29, 1.82) is 0 Å². The van der Waals surface area contributed by atoms with Gasteiger partial charge >= 0.3 is 5.97 Å². The standard InChI is InChI=1S/C23H25N3O4S/c1-15(23(28)24-14-16-7-6-8-18(11-16)29-2)31-21-12-17(13-22(27)30-3)25-19-9-4-5-10-20(19)26-21/h4-12,15,25H,13-14H2,1-3H3,(H,24,28)/t15-/m0/s1. The number of carbonyl (C=O) groups excluding carboxylic acids is 2. The van der Waals surface area contributed by atoms with Crippen molar-refractivity contribution in [3.8, 4) is 5.75 Å². The number of aliphatic imine (C=N–C) groups is 1. The lowest BCUT2D eigenvalue weighted by atomic mass is 10.2. The third-order valence-electron chi connectivity index (χ3n) is 4.56. The van der Waals surface area contributed by atoms with Crippen molar-refractivity contribution in [3.05, 3.63) is 65.9 Å². The number of hydrogen-bond donors (Lipinski definition) is 2. The second kappa shape index (κ2) is 10.7. The minimum atomic E-state index is -0.384. The third kappa shape index (κ3) is 6.36. The Bertz CT molecular complexity index is 1020. The summed E-state index contributed by atoms with van der Waals surface area (Å²) in [5.74, 6) is 0.284. The maximum absolute atomic E-state index is 12.7. The highest BCUT2D eigenvalue weighted by atomic mass is 32.2. The van der Waals surface area contributed by atoms with E-state index < -0.39 is 0 Å². The zero-order valence-corrected chi connectivity index (χ0v) is 18.5. The first-order chi connectivity index (χ1) is 15.0. The van der Waals surface area contributed by atoms with Gasteiger partial charge in [0, 0.05) is 12.2 Å². The van der Waals surface area contributed by atoms with Crippen LogP contribution in [0, 0.1) is 0 Å². The van der Waals surface area contributed by atoms with E-state index in [0.717, 1.165) is 22.7 Å². The van der Waals surface area contributed by atoms with Crippen molar-refractivity contribution < 1.29 is 19.1 Å². The molecule has 2 N–H and O–H groups in total. The van der Waals surface area contributed by atoms with Crippen LogP contribution in [-0.2, 0) is 20.9 Å². The van der Waals surface area contributed by atoms with Gasteiger partial charge in [0.05, 0.1) is 42.3 Å². The van der Waals surface area contributed by atoms with Crippen LogP contribution in [0.3, 0.4) is 0 Å². The van der Waals surface area contributed by atoms with E-state index in [-0.39, 0.29) is 23.5 Å². The summed E-state index contributed by atoms with van der Waals surface area (Å²) in [6.07, 6.45) is 1.87. The number of amides is 1. The van der Waals surface area contributed by atoms with Gasteiger partial charge in [-0.3, -0.25) is 9.59 Å². The summed E-state index contributed by atoms with van der Waals surface area (Å²) in [6.45, 7) is 2.23. The largest absolute Gasteiger partial charge is 0.497 e. The highest BCUT2D eigenvalue weighted by Gasteiger charge is 2.19. The van der Waals surface area contributed by atoms with Crippen molar-refractivity contribution in [3.63, 3.8) is 0 Å². The van der Waals surface area contributed by atoms with Crippen molar-refractivity contribution >= 4 is 40.1 Å². The molecule has 2 aromatic carbocycles. The van der Waals surface area contributed by atoms with Crippen LogP contribution >= 0.6 is 11.8 Å². The number of carbonyl (C=O) groups is 2. The number of fused-ring (bicyclic) bond motifs is 1. The van der Waals surface area contributed by atoms with Gasteiger partial charge < -0.3 is 20.1 Å². The molecule has 0 radical (unpaired) electrons. The van der Waals surface area contributed by atoms with Crippen molar-refractivity contribution in [2.24, 2.45) is 4.99 Å². The minimum Gasteiger partial charge on any atom is -0.497 e. The average Bonchev–Trinajstić information content (AvgIpc) is 2.95. The molecule has 1 aliphatic rings. The molecule has 0 fully saturated rings. The molecular weight excluding hydrogens is 414 g/mol. The zero-order valence-electron chi connectivity index (χ0n) is 17.7. The van der Waals surface area contributed by atoms with E-state index in [9.17, 15) is 9.59 Å². The summed E-state index contributed by atoms with van der Waals surface area (Å²) < 4.78 is 10.0. The fourth-order valence-electron chi connectivity index (χ4n) is 2.92. The maximum atomic E-state index is 12.7. The average molecular weight is 440 g/mol. The summed E-state index contributed by atoms with van der Waals surface area (Å²) in [5.41, 5.74) is 3.15. The Morgan fingerprint density at radius 1 is 1.16 bits per heavy atom. The minimum absolute atomic E-state index is 0.0842. The van der Waals surface area contributed by atoms with Gasteiger partial charge in [-0.15, -0.1) is 0 Å². The van der Waals surface area contributed by atoms with Gasteiger partial charge in [0.2, 0.25) is 5.91 Å². The van der Waals surface area contributed by atoms with Gasteiger partial charge in [-0.2, -0.15) is 0 Å². The van der Waals surface area contributed by atoms with Crippen LogP contribution < -0.4 is 15.4 Å². The number of methoxy groups -OCH3 is 2. The van der Waals surface area contributed by atoms with E-state index in [1.54, 1.807) is 13.2 Å². The molecule has 0 saturated heterocycles. The SMILES string of the molecule is COC(=O)CC1=CC(S[C@@H](C)C(=O)NCc2cccc(OC)c2)=Nc2ccccc2N1. The molecular formula is C23H25N3O4S. The lowest BCUT2D eigenvalue weighted by Gasteiger charge is -2.13. The molecule has 0 aliphatic carbocycles. The molecule has 1 atom stereocenters. The second-order valence-electron chi connectivity index (χ2n) is 6.84. The monoisotopic (exact) mass is 439 g/mol. The Balaban J connectivity index is 1.70. The summed E-state index contributed by atoms with van der Waals surface area (Å²) in [7, 11) is 2.96.